The molecule has 0 unspecified atom stereocenters. The van der Waals surface area contributed by atoms with Gasteiger partial charge in [0.25, 0.3) is 17.4 Å². The van der Waals surface area contributed by atoms with Crippen LogP contribution in [0.15, 0.2) is 47.1 Å². The Morgan fingerprint density at radius 2 is 1.83 bits per heavy atom. The van der Waals surface area contributed by atoms with E-state index in [2.05, 4.69) is 15.9 Å². The number of fused-ring (bicyclic) bond motifs is 1. The summed E-state index contributed by atoms with van der Waals surface area (Å²) in [5.41, 5.74) is 2.50. The molecule has 4 rings (SSSR count). The molecule has 0 saturated carbocycles. The van der Waals surface area contributed by atoms with Crippen molar-refractivity contribution in [2.45, 2.75) is 19.8 Å². The van der Waals surface area contributed by atoms with Gasteiger partial charge in [-0.15, -0.1) is 0 Å². The second-order valence-corrected chi connectivity index (χ2v) is 8.05. The summed E-state index contributed by atoms with van der Waals surface area (Å²) in [7, 11) is 0. The zero-order valence-corrected chi connectivity index (χ0v) is 17.3. The molecule has 29 heavy (non-hydrogen) atoms. The number of benzene rings is 2. The number of ketones is 1. The Morgan fingerprint density at radius 1 is 1.10 bits per heavy atom. The summed E-state index contributed by atoms with van der Waals surface area (Å²) in [5, 5.41) is 11.7. The molecular weight excluding hydrogens is 438 g/mol. The van der Waals surface area contributed by atoms with Gasteiger partial charge in [-0.1, -0.05) is 15.9 Å². The lowest BCUT2D eigenvalue weighted by atomic mass is 10.1. The Morgan fingerprint density at radius 3 is 2.48 bits per heavy atom. The summed E-state index contributed by atoms with van der Waals surface area (Å²) in [6.07, 6.45) is 3.48. The number of nitro benzene ring substituents is 1. The average molecular weight is 456 g/mol. The van der Waals surface area contributed by atoms with E-state index in [0.717, 1.165) is 28.5 Å². The fourth-order valence-corrected chi connectivity index (χ4v) is 4.15. The standard InChI is InChI=1S/C21H18BrN3O4/c1-13-10-15(25(28)29)5-7-18(13)24-12-17(16-11-14(22)4-6-19(16)24)20(26)21(27)23-8-2-3-9-23/h4-7,10-12H,2-3,8-9H2,1H3. The summed E-state index contributed by atoms with van der Waals surface area (Å²) < 4.78 is 2.61. The van der Waals surface area contributed by atoms with Crippen LogP contribution in [0.1, 0.15) is 28.8 Å². The van der Waals surface area contributed by atoms with Crippen molar-refractivity contribution in [1.82, 2.24) is 9.47 Å². The Balaban J connectivity index is 1.85. The van der Waals surface area contributed by atoms with Gasteiger partial charge in [0.1, 0.15) is 0 Å². The van der Waals surface area contributed by atoms with Crippen LogP contribution in [0.4, 0.5) is 5.69 Å². The molecule has 2 aromatic carbocycles. The van der Waals surface area contributed by atoms with Crippen LogP contribution in [-0.2, 0) is 4.79 Å². The number of rotatable bonds is 4. The number of carbonyl (C=O) groups is 2. The summed E-state index contributed by atoms with van der Waals surface area (Å²) in [5.74, 6) is -1.02. The molecule has 0 aliphatic carbocycles. The third-order valence-corrected chi connectivity index (χ3v) is 5.74. The topological polar surface area (TPSA) is 85.5 Å². The highest BCUT2D eigenvalue weighted by atomic mass is 79.9. The molecule has 0 radical (unpaired) electrons. The lowest BCUT2D eigenvalue weighted by Gasteiger charge is -2.13. The summed E-state index contributed by atoms with van der Waals surface area (Å²) in [6.45, 7) is 2.99. The van der Waals surface area contributed by atoms with Crippen molar-refractivity contribution < 1.29 is 14.5 Å². The van der Waals surface area contributed by atoms with Gasteiger partial charge < -0.3 is 9.47 Å². The molecule has 2 heterocycles. The zero-order chi connectivity index (χ0) is 20.7. The number of amides is 1. The van der Waals surface area contributed by atoms with Crippen molar-refractivity contribution in [2.75, 3.05) is 13.1 Å². The van der Waals surface area contributed by atoms with Crippen LogP contribution in [-0.4, -0.2) is 39.2 Å². The van der Waals surface area contributed by atoms with Gasteiger partial charge in [0, 0.05) is 47.0 Å². The van der Waals surface area contributed by atoms with E-state index in [0.29, 0.717) is 29.6 Å². The molecule has 7 nitrogen and oxygen atoms in total. The normalized spacial score (nSPS) is 13.8. The van der Waals surface area contributed by atoms with Crippen LogP contribution in [0.3, 0.4) is 0 Å². The molecule has 8 heteroatoms. The molecule has 1 fully saturated rings. The van der Waals surface area contributed by atoms with Crippen LogP contribution in [0, 0.1) is 17.0 Å². The van der Waals surface area contributed by atoms with Crippen molar-refractivity contribution in [1.29, 1.82) is 0 Å². The van der Waals surface area contributed by atoms with E-state index in [4.69, 9.17) is 0 Å². The lowest BCUT2D eigenvalue weighted by Crippen LogP contribution is -2.34. The summed E-state index contributed by atoms with van der Waals surface area (Å²) in [6, 6.07) is 10.1. The van der Waals surface area contributed by atoms with Crippen LogP contribution < -0.4 is 0 Å². The van der Waals surface area contributed by atoms with Crippen molar-refractivity contribution >= 4 is 44.2 Å². The maximum Gasteiger partial charge on any atom is 0.295 e. The Hall–Kier alpha value is -3.00. The number of hydrogen-bond donors (Lipinski definition) is 0. The van der Waals surface area contributed by atoms with Gasteiger partial charge in [0.05, 0.1) is 16.0 Å². The lowest BCUT2D eigenvalue weighted by molar-refractivity contribution is -0.384. The first-order chi connectivity index (χ1) is 13.9. The number of likely N-dealkylation sites (tertiary alicyclic amines) is 1. The van der Waals surface area contributed by atoms with Crippen molar-refractivity contribution in [3.8, 4) is 5.69 Å². The third-order valence-electron chi connectivity index (χ3n) is 5.25. The second-order valence-electron chi connectivity index (χ2n) is 7.13. The molecule has 1 amide bonds. The largest absolute Gasteiger partial charge is 0.336 e. The molecule has 0 atom stereocenters. The summed E-state index contributed by atoms with van der Waals surface area (Å²) >= 11 is 3.43. The van der Waals surface area contributed by atoms with Crippen LogP contribution >= 0.6 is 15.9 Å². The van der Waals surface area contributed by atoms with E-state index in [1.165, 1.54) is 12.1 Å². The molecule has 0 N–H and O–H groups in total. The molecule has 1 aromatic heterocycles. The van der Waals surface area contributed by atoms with E-state index in [1.54, 1.807) is 24.1 Å². The van der Waals surface area contributed by atoms with E-state index in [9.17, 15) is 19.7 Å². The highest BCUT2D eigenvalue weighted by Crippen LogP contribution is 2.31. The van der Waals surface area contributed by atoms with Crippen molar-refractivity contribution in [3.63, 3.8) is 0 Å². The van der Waals surface area contributed by atoms with Gasteiger partial charge in [-0.3, -0.25) is 19.7 Å². The first-order valence-corrected chi connectivity index (χ1v) is 10.1. The number of aromatic nitrogens is 1. The molecule has 1 aliphatic heterocycles. The Kier molecular flexibility index (Phi) is 4.96. The molecule has 0 bridgehead atoms. The van der Waals surface area contributed by atoms with Gasteiger partial charge in [0.2, 0.25) is 0 Å². The Labute approximate surface area is 175 Å². The molecule has 148 valence electrons. The number of nitrogens with zero attached hydrogens (tertiary/aromatic N) is 3. The van der Waals surface area contributed by atoms with E-state index in [1.807, 2.05) is 22.8 Å². The number of Topliss-reactive ketones (excluding diaryl/α,β-unsaturated/α-hetero) is 1. The third kappa shape index (κ3) is 3.44. The SMILES string of the molecule is Cc1cc([N+](=O)[O-])ccc1-n1cc(C(=O)C(=O)N2CCCC2)c2cc(Br)ccc21. The van der Waals surface area contributed by atoms with Gasteiger partial charge in [-0.25, -0.2) is 0 Å². The zero-order valence-electron chi connectivity index (χ0n) is 15.7. The molecule has 0 spiro atoms. The number of non-ortho nitro benzene ring substituents is 1. The molecule has 1 saturated heterocycles. The van der Waals surface area contributed by atoms with E-state index < -0.39 is 16.6 Å². The Bertz CT molecular complexity index is 1160. The van der Waals surface area contributed by atoms with Crippen LogP contribution in [0.5, 0.6) is 0 Å². The molecule has 1 aliphatic rings. The predicted octanol–water partition coefficient (Wildman–Crippen LogP) is 4.41. The summed E-state index contributed by atoms with van der Waals surface area (Å²) in [4.78, 5) is 37.9. The van der Waals surface area contributed by atoms with Gasteiger partial charge in [0.15, 0.2) is 0 Å². The van der Waals surface area contributed by atoms with E-state index >= 15 is 0 Å². The number of halogens is 1. The van der Waals surface area contributed by atoms with Gasteiger partial charge >= 0.3 is 0 Å². The number of carbonyl (C=O) groups excluding carboxylic acids is 2. The van der Waals surface area contributed by atoms with Gasteiger partial charge in [-0.05, 0) is 49.6 Å². The predicted molar refractivity (Wildman–Crippen MR) is 113 cm³/mol. The number of nitro groups is 1. The maximum absolute atomic E-state index is 13.0. The van der Waals surface area contributed by atoms with E-state index in [-0.39, 0.29) is 5.69 Å². The highest BCUT2D eigenvalue weighted by Gasteiger charge is 2.28. The number of aryl methyl sites for hydroxylation is 1. The maximum atomic E-state index is 13.0. The monoisotopic (exact) mass is 455 g/mol. The fraction of sp³-hybridized carbons (Fsp3) is 0.238. The van der Waals surface area contributed by atoms with Crippen molar-refractivity contribution in [3.05, 3.63) is 68.3 Å². The molecular formula is C21H18BrN3O4. The smallest absolute Gasteiger partial charge is 0.295 e. The van der Waals surface area contributed by atoms with Crippen molar-refractivity contribution in [2.24, 2.45) is 0 Å². The number of hydrogen-bond acceptors (Lipinski definition) is 4. The first-order valence-electron chi connectivity index (χ1n) is 9.26. The minimum atomic E-state index is -0.534. The van der Waals surface area contributed by atoms with Crippen LogP contribution in [0.2, 0.25) is 0 Å². The van der Waals surface area contributed by atoms with Gasteiger partial charge in [-0.2, -0.15) is 0 Å². The first kappa shape index (κ1) is 19.3. The second kappa shape index (κ2) is 7.44. The minimum absolute atomic E-state index is 0.00553. The van der Waals surface area contributed by atoms with Crippen LogP contribution in [0.25, 0.3) is 16.6 Å². The quantitative estimate of drug-likeness (QED) is 0.252. The average Bonchev–Trinajstić information content (AvgIpc) is 3.34. The fourth-order valence-electron chi connectivity index (χ4n) is 3.79. The highest BCUT2D eigenvalue weighted by molar-refractivity contribution is 9.10. The molecule has 3 aromatic rings. The minimum Gasteiger partial charge on any atom is -0.336 e.